The summed E-state index contributed by atoms with van der Waals surface area (Å²) >= 11 is 0. The Morgan fingerprint density at radius 2 is 1.63 bits per heavy atom. The van der Waals surface area contributed by atoms with E-state index in [0.29, 0.717) is 0 Å². The molecule has 0 aromatic heterocycles. The third-order valence-corrected chi connectivity index (χ3v) is 1.99. The molecule has 0 heterocycles. The number of rotatable bonds is 8. The van der Waals surface area contributed by atoms with Gasteiger partial charge in [-0.25, -0.2) is 14.4 Å². The van der Waals surface area contributed by atoms with Gasteiger partial charge in [0.1, 0.15) is 6.04 Å². The zero-order chi connectivity index (χ0) is 14.8. The molecule has 0 rings (SSSR count). The first-order chi connectivity index (χ1) is 8.82. The molecule has 108 valence electrons. The molecule has 0 aromatic rings. The fourth-order valence-electron chi connectivity index (χ4n) is 1.11. The molecule has 0 aliphatic heterocycles. The highest BCUT2D eigenvalue weighted by molar-refractivity contribution is 5.83. The summed E-state index contributed by atoms with van der Waals surface area (Å²) in [4.78, 5) is 43.0. The Kier molecular flexibility index (Phi) is 7.42. The second-order valence-electron chi connectivity index (χ2n) is 3.59. The minimum atomic E-state index is -1.27. The number of primary amides is 2. The predicted octanol–water partition coefficient (Wildman–Crippen LogP) is -2.33. The van der Waals surface area contributed by atoms with Gasteiger partial charge < -0.3 is 32.5 Å². The maximum absolute atomic E-state index is 11.3. The number of nitrogens with two attached hydrogens (primary N) is 2. The van der Waals surface area contributed by atoms with Crippen LogP contribution in [-0.4, -0.2) is 48.2 Å². The largest absolute Gasteiger partial charge is 0.480 e. The van der Waals surface area contributed by atoms with Crippen LogP contribution >= 0.6 is 0 Å². The van der Waals surface area contributed by atoms with Gasteiger partial charge >= 0.3 is 18.0 Å². The van der Waals surface area contributed by atoms with Crippen LogP contribution in [0.4, 0.5) is 9.59 Å². The molecule has 19 heavy (non-hydrogen) atoms. The molecule has 0 fully saturated rings. The monoisotopic (exact) mass is 275 g/mol. The van der Waals surface area contributed by atoms with Crippen molar-refractivity contribution in [2.45, 2.75) is 18.9 Å². The number of carboxylic acid groups (broad SMARTS) is 1. The van der Waals surface area contributed by atoms with E-state index in [9.17, 15) is 19.2 Å². The smallest absolute Gasteiger partial charge is 0.326 e. The number of hydrogen-bond donors (Lipinski definition) is 6. The molecule has 0 aliphatic rings. The summed E-state index contributed by atoms with van der Waals surface area (Å²) in [5.41, 5.74) is 9.68. The second-order valence-corrected chi connectivity index (χ2v) is 3.59. The standard InChI is InChI=1S/C9H17N5O5/c10-6(15)2-1-5(7(16)17)14-9(19)13-4-3-12-8(11)18/h5H,1-4H2,(H2,10,15)(H,16,17)(H3,11,12,18)(H2,13,14,19)/t5-/m1/s1. The van der Waals surface area contributed by atoms with Crippen molar-refractivity contribution in [3.63, 3.8) is 0 Å². The molecule has 10 heteroatoms. The van der Waals surface area contributed by atoms with E-state index in [1.807, 2.05) is 0 Å². The molecular formula is C9H17N5O5. The molecule has 0 bridgehead atoms. The van der Waals surface area contributed by atoms with Gasteiger partial charge in [0.05, 0.1) is 0 Å². The van der Waals surface area contributed by atoms with Crippen molar-refractivity contribution in [3.05, 3.63) is 0 Å². The Morgan fingerprint density at radius 1 is 1.05 bits per heavy atom. The Hall–Kier alpha value is -2.52. The van der Waals surface area contributed by atoms with Crippen molar-refractivity contribution in [1.82, 2.24) is 16.0 Å². The number of amides is 5. The van der Waals surface area contributed by atoms with Crippen LogP contribution in [0.25, 0.3) is 0 Å². The Bertz CT molecular complexity index is 359. The molecule has 0 radical (unpaired) electrons. The second kappa shape index (κ2) is 8.55. The first-order valence-corrected chi connectivity index (χ1v) is 5.41. The van der Waals surface area contributed by atoms with Gasteiger partial charge in [0.15, 0.2) is 0 Å². The van der Waals surface area contributed by atoms with Gasteiger partial charge in [0, 0.05) is 19.5 Å². The zero-order valence-electron chi connectivity index (χ0n) is 10.1. The number of urea groups is 2. The van der Waals surface area contributed by atoms with Gasteiger partial charge in [-0.1, -0.05) is 0 Å². The van der Waals surface area contributed by atoms with E-state index in [1.54, 1.807) is 0 Å². The third kappa shape index (κ3) is 9.21. The maximum atomic E-state index is 11.3. The van der Waals surface area contributed by atoms with Gasteiger partial charge in [-0.15, -0.1) is 0 Å². The third-order valence-electron chi connectivity index (χ3n) is 1.99. The number of carbonyl (C=O) groups excluding carboxylic acids is 3. The highest BCUT2D eigenvalue weighted by Gasteiger charge is 2.20. The lowest BCUT2D eigenvalue weighted by Gasteiger charge is -2.14. The first-order valence-electron chi connectivity index (χ1n) is 5.41. The van der Waals surface area contributed by atoms with E-state index in [-0.39, 0.29) is 25.9 Å². The topological polar surface area (TPSA) is 177 Å². The zero-order valence-corrected chi connectivity index (χ0v) is 10.1. The van der Waals surface area contributed by atoms with Crippen LogP contribution in [-0.2, 0) is 9.59 Å². The van der Waals surface area contributed by atoms with Gasteiger partial charge in [0.2, 0.25) is 5.91 Å². The SMILES string of the molecule is NC(=O)CC[C@@H](NC(=O)NCCNC(N)=O)C(=O)O. The van der Waals surface area contributed by atoms with Crippen LogP contribution in [0.3, 0.4) is 0 Å². The van der Waals surface area contributed by atoms with Crippen LogP contribution in [0.15, 0.2) is 0 Å². The van der Waals surface area contributed by atoms with Crippen LogP contribution in [0.5, 0.6) is 0 Å². The van der Waals surface area contributed by atoms with Crippen molar-refractivity contribution in [2.75, 3.05) is 13.1 Å². The van der Waals surface area contributed by atoms with Crippen molar-refractivity contribution in [1.29, 1.82) is 0 Å². The Labute approximate surface area is 108 Å². The number of carbonyl (C=O) groups is 4. The highest BCUT2D eigenvalue weighted by atomic mass is 16.4. The van der Waals surface area contributed by atoms with E-state index in [1.165, 1.54) is 0 Å². The quantitative estimate of drug-likeness (QED) is 0.272. The van der Waals surface area contributed by atoms with Crippen molar-refractivity contribution in [3.8, 4) is 0 Å². The van der Waals surface area contributed by atoms with Crippen LogP contribution in [0.2, 0.25) is 0 Å². The van der Waals surface area contributed by atoms with E-state index in [0.717, 1.165) is 0 Å². The average Bonchev–Trinajstić information content (AvgIpc) is 2.29. The number of nitrogens with one attached hydrogen (secondary N) is 3. The summed E-state index contributed by atoms with van der Waals surface area (Å²) in [5, 5.41) is 15.5. The van der Waals surface area contributed by atoms with Gasteiger partial charge in [-0.2, -0.15) is 0 Å². The molecule has 5 amide bonds. The molecule has 0 spiro atoms. The molecule has 0 aromatic carbocycles. The summed E-state index contributed by atoms with van der Waals surface area (Å²) in [7, 11) is 0. The molecule has 0 aliphatic carbocycles. The molecular weight excluding hydrogens is 258 g/mol. The lowest BCUT2D eigenvalue weighted by molar-refractivity contribution is -0.139. The molecule has 0 saturated carbocycles. The minimum Gasteiger partial charge on any atom is -0.480 e. The van der Waals surface area contributed by atoms with Crippen molar-refractivity contribution >= 4 is 23.9 Å². The number of aliphatic carboxylic acids is 1. The van der Waals surface area contributed by atoms with Crippen LogP contribution in [0, 0.1) is 0 Å². The summed E-state index contributed by atoms with van der Waals surface area (Å²) < 4.78 is 0. The lowest BCUT2D eigenvalue weighted by atomic mass is 10.1. The molecule has 10 nitrogen and oxygen atoms in total. The summed E-state index contributed by atoms with van der Waals surface area (Å²) in [6.45, 7) is 0.193. The van der Waals surface area contributed by atoms with Gasteiger partial charge in [0.25, 0.3) is 0 Å². The average molecular weight is 275 g/mol. The fraction of sp³-hybridized carbons (Fsp3) is 0.556. The number of hydrogen-bond acceptors (Lipinski definition) is 4. The van der Waals surface area contributed by atoms with E-state index in [2.05, 4.69) is 16.0 Å². The molecule has 8 N–H and O–H groups in total. The fourth-order valence-corrected chi connectivity index (χ4v) is 1.11. The van der Waals surface area contributed by atoms with Crippen LogP contribution in [0.1, 0.15) is 12.8 Å². The highest BCUT2D eigenvalue weighted by Crippen LogP contribution is 1.97. The molecule has 0 saturated heterocycles. The molecule has 1 atom stereocenters. The van der Waals surface area contributed by atoms with Gasteiger partial charge in [-0.3, -0.25) is 4.79 Å². The maximum Gasteiger partial charge on any atom is 0.326 e. The summed E-state index contributed by atoms with van der Waals surface area (Å²) in [6.07, 6.45) is -0.252. The van der Waals surface area contributed by atoms with Crippen LogP contribution < -0.4 is 27.4 Å². The first kappa shape index (κ1) is 16.5. The Morgan fingerprint density at radius 3 is 2.11 bits per heavy atom. The van der Waals surface area contributed by atoms with E-state index >= 15 is 0 Å². The van der Waals surface area contributed by atoms with E-state index in [4.69, 9.17) is 16.6 Å². The van der Waals surface area contributed by atoms with Gasteiger partial charge in [-0.05, 0) is 6.42 Å². The summed E-state index contributed by atoms with van der Waals surface area (Å²) in [6, 6.07) is -2.67. The number of carboxylic acids is 1. The lowest BCUT2D eigenvalue weighted by Crippen LogP contribution is -2.48. The normalized spacial score (nSPS) is 11.2. The summed E-state index contributed by atoms with van der Waals surface area (Å²) in [5.74, 6) is -1.93. The predicted molar refractivity (Wildman–Crippen MR) is 64.0 cm³/mol. The minimum absolute atomic E-state index is 0.0803. The Balaban J connectivity index is 3.99. The molecule has 0 unspecified atom stereocenters. The van der Waals surface area contributed by atoms with E-state index < -0.39 is 30.0 Å². The van der Waals surface area contributed by atoms with Crippen molar-refractivity contribution in [2.24, 2.45) is 11.5 Å². The van der Waals surface area contributed by atoms with Crippen molar-refractivity contribution < 1.29 is 24.3 Å².